The molecule has 37 heavy (non-hydrogen) atoms. The first kappa shape index (κ1) is 26.5. The molecule has 9 nitrogen and oxygen atoms in total. The number of halogens is 2. The summed E-state index contributed by atoms with van der Waals surface area (Å²) in [5, 5.41) is 10.5. The van der Waals surface area contributed by atoms with E-state index in [0.29, 0.717) is 39.4 Å². The van der Waals surface area contributed by atoms with Gasteiger partial charge in [0.2, 0.25) is 11.8 Å². The van der Waals surface area contributed by atoms with Gasteiger partial charge in [0, 0.05) is 17.8 Å². The van der Waals surface area contributed by atoms with E-state index in [1.54, 1.807) is 63.4 Å². The van der Waals surface area contributed by atoms with E-state index in [4.69, 9.17) is 32.7 Å². The molecule has 0 spiro atoms. The van der Waals surface area contributed by atoms with Crippen LogP contribution in [0.4, 0.5) is 0 Å². The highest BCUT2D eigenvalue weighted by Gasteiger charge is 2.22. The molecule has 3 heterocycles. The number of benzene rings is 1. The molecule has 0 aliphatic heterocycles. The molecule has 0 bridgehead atoms. The summed E-state index contributed by atoms with van der Waals surface area (Å²) in [6.45, 7) is 6.77. The average Bonchev–Trinajstić information content (AvgIpc) is 2.86. The van der Waals surface area contributed by atoms with Crippen LogP contribution in [0.1, 0.15) is 36.8 Å². The van der Waals surface area contributed by atoms with Gasteiger partial charge >= 0.3 is 0 Å². The molecule has 0 fully saturated rings. The van der Waals surface area contributed by atoms with Crippen LogP contribution in [0.25, 0.3) is 16.9 Å². The van der Waals surface area contributed by atoms with Crippen LogP contribution in [-0.4, -0.2) is 36.7 Å². The van der Waals surface area contributed by atoms with Crippen LogP contribution < -0.4 is 15.0 Å². The van der Waals surface area contributed by atoms with Crippen LogP contribution >= 0.6 is 23.2 Å². The molecule has 1 aromatic carbocycles. The molecule has 4 rings (SSSR count). The molecule has 3 aromatic heterocycles. The first-order chi connectivity index (χ1) is 17.5. The number of aromatic nitrogens is 5. The maximum atomic E-state index is 13.3. The van der Waals surface area contributed by atoms with Gasteiger partial charge < -0.3 is 14.6 Å². The van der Waals surface area contributed by atoms with E-state index >= 15 is 0 Å². The Morgan fingerprint density at radius 2 is 1.84 bits per heavy atom. The van der Waals surface area contributed by atoms with E-state index in [1.807, 2.05) is 6.92 Å². The molecule has 0 aliphatic carbocycles. The lowest BCUT2D eigenvalue weighted by Crippen LogP contribution is -2.24. The third-order valence-corrected chi connectivity index (χ3v) is 6.14. The summed E-state index contributed by atoms with van der Waals surface area (Å²) in [4.78, 5) is 30.8. The first-order valence-electron chi connectivity index (χ1n) is 11.3. The maximum absolute atomic E-state index is 13.3. The van der Waals surface area contributed by atoms with E-state index in [1.165, 1.54) is 11.7 Å². The van der Waals surface area contributed by atoms with Crippen molar-refractivity contribution in [3.8, 4) is 28.7 Å². The number of aryl methyl sites for hydroxylation is 2. The van der Waals surface area contributed by atoms with Crippen molar-refractivity contribution in [3.05, 3.63) is 85.9 Å². The fourth-order valence-electron chi connectivity index (χ4n) is 3.62. The van der Waals surface area contributed by atoms with Crippen molar-refractivity contribution >= 4 is 23.2 Å². The summed E-state index contributed by atoms with van der Waals surface area (Å²) in [6.07, 6.45) is 1.64. The third-order valence-electron chi connectivity index (χ3n) is 5.49. The Hall–Kier alpha value is -3.53. The van der Waals surface area contributed by atoms with E-state index < -0.39 is 11.2 Å². The van der Waals surface area contributed by atoms with Gasteiger partial charge in [0.05, 0.1) is 29.2 Å². The van der Waals surface area contributed by atoms with Gasteiger partial charge in [-0.05, 0) is 51.5 Å². The van der Waals surface area contributed by atoms with Gasteiger partial charge in [0.15, 0.2) is 10.8 Å². The van der Waals surface area contributed by atoms with Crippen molar-refractivity contribution in [2.75, 3.05) is 7.11 Å². The molecule has 0 aliphatic rings. The topological polar surface area (TPSA) is 112 Å². The highest BCUT2D eigenvalue weighted by molar-refractivity contribution is 6.33. The molecular formula is C26H25Cl2N5O4. The normalized spacial score (nSPS) is 11.5. The van der Waals surface area contributed by atoms with Crippen LogP contribution in [0.15, 0.2) is 47.4 Å². The van der Waals surface area contributed by atoms with Crippen molar-refractivity contribution in [2.24, 2.45) is 0 Å². The SMILES string of the molecule is COc1cccc(COc2nc(C)n(-c3cc(-c4nc(C(C)(C)O)ncc4C)ccc3Cl)c(=O)c2Cl)n1. The molecule has 0 saturated heterocycles. The van der Waals surface area contributed by atoms with Crippen LogP contribution in [0.5, 0.6) is 11.8 Å². The Labute approximate surface area is 223 Å². The average molecular weight is 542 g/mol. The number of pyridine rings is 1. The van der Waals surface area contributed by atoms with Crippen molar-refractivity contribution in [2.45, 2.75) is 39.9 Å². The predicted octanol–water partition coefficient (Wildman–Crippen LogP) is 4.82. The number of hydrogen-bond acceptors (Lipinski definition) is 8. The second-order valence-corrected chi connectivity index (χ2v) is 9.61. The minimum Gasteiger partial charge on any atom is -0.481 e. The summed E-state index contributed by atoms with van der Waals surface area (Å²) in [7, 11) is 1.52. The molecular weight excluding hydrogens is 517 g/mol. The van der Waals surface area contributed by atoms with E-state index in [-0.39, 0.29) is 23.3 Å². The highest BCUT2D eigenvalue weighted by atomic mass is 35.5. The van der Waals surface area contributed by atoms with E-state index in [2.05, 4.69) is 19.9 Å². The molecule has 0 amide bonds. The van der Waals surface area contributed by atoms with Crippen LogP contribution in [0, 0.1) is 13.8 Å². The Balaban J connectivity index is 1.73. The lowest BCUT2D eigenvalue weighted by atomic mass is 10.0. The van der Waals surface area contributed by atoms with Gasteiger partial charge in [-0.1, -0.05) is 35.3 Å². The summed E-state index contributed by atoms with van der Waals surface area (Å²) < 4.78 is 12.2. The standard InChI is InChI=1S/C26H25Cl2N5O4/c1-14-12-29-25(26(3,4)35)32-22(14)16-9-10-18(27)19(11-16)33-15(2)30-23(21(28)24(33)34)37-13-17-7-6-8-20(31-17)36-5/h6-12,35H,13H2,1-5H3. The fourth-order valence-corrected chi connectivity index (χ4v) is 4.00. The Bertz CT molecular complexity index is 1530. The first-order valence-corrected chi connectivity index (χ1v) is 12.0. The lowest BCUT2D eigenvalue weighted by molar-refractivity contribution is 0.0688. The van der Waals surface area contributed by atoms with Gasteiger partial charge in [-0.25, -0.2) is 15.0 Å². The van der Waals surface area contributed by atoms with E-state index in [9.17, 15) is 9.90 Å². The van der Waals surface area contributed by atoms with Crippen molar-refractivity contribution in [1.29, 1.82) is 0 Å². The smallest absolute Gasteiger partial charge is 0.280 e. The quantitative estimate of drug-likeness (QED) is 0.354. The Kier molecular flexibility index (Phi) is 7.49. The van der Waals surface area contributed by atoms with Gasteiger partial charge in [0.1, 0.15) is 18.0 Å². The third kappa shape index (κ3) is 5.58. The molecule has 192 valence electrons. The number of nitrogens with zero attached hydrogens (tertiary/aromatic N) is 5. The Morgan fingerprint density at radius 1 is 1.08 bits per heavy atom. The zero-order valence-electron chi connectivity index (χ0n) is 20.9. The molecule has 0 atom stereocenters. The van der Waals surface area contributed by atoms with Gasteiger partial charge in [-0.2, -0.15) is 4.98 Å². The highest BCUT2D eigenvalue weighted by Crippen LogP contribution is 2.31. The van der Waals surface area contributed by atoms with Crippen molar-refractivity contribution in [3.63, 3.8) is 0 Å². The molecule has 1 N–H and O–H groups in total. The van der Waals surface area contributed by atoms with Crippen molar-refractivity contribution in [1.82, 2.24) is 24.5 Å². The zero-order valence-corrected chi connectivity index (χ0v) is 22.4. The lowest BCUT2D eigenvalue weighted by Gasteiger charge is -2.18. The number of hydrogen-bond donors (Lipinski definition) is 1. The molecule has 0 saturated carbocycles. The minimum absolute atomic E-state index is 0.0150. The number of rotatable bonds is 7. The number of methoxy groups -OCH3 is 1. The number of aliphatic hydroxyl groups is 1. The summed E-state index contributed by atoms with van der Waals surface area (Å²) in [5.74, 6) is 1.02. The molecule has 0 unspecified atom stereocenters. The Morgan fingerprint density at radius 3 is 2.54 bits per heavy atom. The van der Waals surface area contributed by atoms with Gasteiger partial charge in [-0.15, -0.1) is 0 Å². The summed E-state index contributed by atoms with van der Waals surface area (Å²) in [6, 6.07) is 10.4. The second-order valence-electron chi connectivity index (χ2n) is 8.83. The largest absolute Gasteiger partial charge is 0.481 e. The molecule has 0 radical (unpaired) electrons. The molecule has 4 aromatic rings. The number of ether oxygens (including phenoxy) is 2. The van der Waals surface area contributed by atoms with Crippen molar-refractivity contribution < 1.29 is 14.6 Å². The zero-order chi connectivity index (χ0) is 26.9. The molecule has 11 heteroatoms. The van der Waals surface area contributed by atoms with Gasteiger partial charge in [-0.3, -0.25) is 9.36 Å². The minimum atomic E-state index is -1.22. The maximum Gasteiger partial charge on any atom is 0.280 e. The van der Waals surface area contributed by atoms with Gasteiger partial charge in [0.25, 0.3) is 5.56 Å². The van der Waals surface area contributed by atoms with E-state index in [0.717, 1.165) is 5.56 Å². The predicted molar refractivity (Wildman–Crippen MR) is 141 cm³/mol. The van der Waals surface area contributed by atoms with Crippen LogP contribution in [-0.2, 0) is 12.2 Å². The monoisotopic (exact) mass is 541 g/mol. The van der Waals surface area contributed by atoms with Crippen LogP contribution in [0.3, 0.4) is 0 Å². The fraction of sp³-hybridized carbons (Fsp3) is 0.269. The second kappa shape index (κ2) is 10.5. The van der Waals surface area contributed by atoms with Crippen LogP contribution in [0.2, 0.25) is 10.0 Å². The summed E-state index contributed by atoms with van der Waals surface area (Å²) >= 11 is 12.9. The summed E-state index contributed by atoms with van der Waals surface area (Å²) in [5.41, 5.74) is 1.26.